The van der Waals surface area contributed by atoms with Gasteiger partial charge in [-0.25, -0.2) is 0 Å². The number of nitrogens with one attached hydrogen (secondary N) is 1. The molecule has 1 aromatic heterocycles. The third-order valence-corrected chi connectivity index (χ3v) is 0.672. The zero-order valence-electron chi connectivity index (χ0n) is 7.01. The Morgan fingerprint density at radius 3 is 3.38 bits per heavy atom. The normalized spacial score (nSPS) is 16.2. The molecule has 1 aromatic rings. The SMILES string of the molecule is [2H]C([2H])([2H])c1c[nH]c(=O)cn1. The highest BCUT2D eigenvalue weighted by Gasteiger charge is 1.80. The van der Waals surface area contributed by atoms with E-state index in [9.17, 15) is 4.79 Å². The average molecular weight is 113 g/mol. The van der Waals surface area contributed by atoms with Crippen LogP contribution in [0.3, 0.4) is 0 Å². The summed E-state index contributed by atoms with van der Waals surface area (Å²) in [5.41, 5.74) is -0.505. The Morgan fingerprint density at radius 1 is 2.00 bits per heavy atom. The van der Waals surface area contributed by atoms with Gasteiger partial charge < -0.3 is 4.98 Å². The Labute approximate surface area is 50.6 Å². The molecular formula is C5H6N2O. The van der Waals surface area contributed by atoms with E-state index in [2.05, 4.69) is 9.97 Å². The third-order valence-electron chi connectivity index (χ3n) is 0.672. The van der Waals surface area contributed by atoms with Gasteiger partial charge in [0.1, 0.15) is 0 Å². The first-order valence-corrected chi connectivity index (χ1v) is 2.05. The molecule has 0 saturated heterocycles. The number of nitrogens with zero attached hydrogens (tertiary/aromatic N) is 1. The third kappa shape index (κ3) is 0.932. The number of aryl methyl sites for hydroxylation is 1. The van der Waals surface area contributed by atoms with E-state index >= 15 is 0 Å². The van der Waals surface area contributed by atoms with Crippen molar-refractivity contribution >= 4 is 0 Å². The zero-order chi connectivity index (χ0) is 8.48. The lowest BCUT2D eigenvalue weighted by Crippen LogP contribution is -2.03. The summed E-state index contributed by atoms with van der Waals surface area (Å²) < 4.78 is 20.7. The van der Waals surface area contributed by atoms with Crippen molar-refractivity contribution in [2.24, 2.45) is 0 Å². The van der Waals surface area contributed by atoms with Gasteiger partial charge in [-0.15, -0.1) is 0 Å². The topological polar surface area (TPSA) is 45.8 Å². The summed E-state index contributed by atoms with van der Waals surface area (Å²) in [6, 6.07) is 0. The molecule has 0 fully saturated rings. The van der Waals surface area contributed by atoms with Crippen molar-refractivity contribution in [2.45, 2.75) is 6.85 Å². The van der Waals surface area contributed by atoms with Gasteiger partial charge in [0, 0.05) is 10.3 Å². The summed E-state index contributed by atoms with van der Waals surface area (Å²) in [5.74, 6) is 0. The second-order valence-corrected chi connectivity index (χ2v) is 1.30. The summed E-state index contributed by atoms with van der Waals surface area (Å²) in [4.78, 5) is 16.1. The maximum atomic E-state index is 10.4. The van der Waals surface area contributed by atoms with Crippen LogP contribution in [0.1, 0.15) is 9.81 Å². The van der Waals surface area contributed by atoms with Gasteiger partial charge in [-0.2, -0.15) is 0 Å². The number of aromatic amines is 1. The van der Waals surface area contributed by atoms with Crippen LogP contribution in [0.4, 0.5) is 0 Å². The van der Waals surface area contributed by atoms with Crippen LogP contribution in [-0.4, -0.2) is 9.97 Å². The standard InChI is InChI=1S/C5H6N2O/c1-4-2-7-5(8)3-6-4/h2-3H,1H3,(H,7,8)/i1D3. The number of hydrogen-bond donors (Lipinski definition) is 1. The minimum atomic E-state index is -2.25. The minimum Gasteiger partial charge on any atom is -0.326 e. The molecule has 0 atom stereocenters. The highest BCUT2D eigenvalue weighted by Crippen LogP contribution is 1.77. The summed E-state index contributed by atoms with van der Waals surface area (Å²) >= 11 is 0. The maximum Gasteiger partial charge on any atom is 0.266 e. The van der Waals surface area contributed by atoms with Gasteiger partial charge >= 0.3 is 0 Å². The van der Waals surface area contributed by atoms with Crippen LogP contribution in [0, 0.1) is 6.85 Å². The molecule has 1 rings (SSSR count). The molecule has 0 aromatic carbocycles. The van der Waals surface area contributed by atoms with Gasteiger partial charge in [0.15, 0.2) is 0 Å². The van der Waals surface area contributed by atoms with E-state index in [1.165, 1.54) is 0 Å². The molecule has 0 aliphatic heterocycles. The lowest BCUT2D eigenvalue weighted by Gasteiger charge is -1.83. The monoisotopic (exact) mass is 113 g/mol. The Bertz CT molecular complexity index is 283. The fourth-order valence-corrected chi connectivity index (χ4v) is 0.342. The van der Waals surface area contributed by atoms with Gasteiger partial charge in [0.2, 0.25) is 0 Å². The second-order valence-electron chi connectivity index (χ2n) is 1.30. The molecule has 3 heteroatoms. The molecule has 1 heterocycles. The van der Waals surface area contributed by atoms with E-state index in [0.717, 1.165) is 12.4 Å². The molecule has 0 unspecified atom stereocenters. The summed E-state index contributed by atoms with van der Waals surface area (Å²) in [6.45, 7) is -2.25. The predicted octanol–water partition coefficient (Wildman–Crippen LogP) is 0.0783. The van der Waals surface area contributed by atoms with E-state index in [1.54, 1.807) is 0 Å². The van der Waals surface area contributed by atoms with Crippen LogP contribution in [-0.2, 0) is 0 Å². The van der Waals surface area contributed by atoms with Crippen molar-refractivity contribution in [3.63, 3.8) is 0 Å². The Morgan fingerprint density at radius 2 is 2.88 bits per heavy atom. The first-order valence-electron chi connectivity index (χ1n) is 3.55. The number of H-pyrrole nitrogens is 1. The second kappa shape index (κ2) is 1.78. The minimum absolute atomic E-state index is 0.0999. The molecule has 42 valence electrons. The van der Waals surface area contributed by atoms with Crippen molar-refractivity contribution in [2.75, 3.05) is 0 Å². The summed E-state index contributed by atoms with van der Waals surface area (Å²) in [7, 11) is 0. The van der Waals surface area contributed by atoms with Gasteiger partial charge in [-0.3, -0.25) is 9.78 Å². The van der Waals surface area contributed by atoms with E-state index in [1.807, 2.05) is 0 Å². The fourth-order valence-electron chi connectivity index (χ4n) is 0.342. The van der Waals surface area contributed by atoms with Crippen LogP contribution in [0.2, 0.25) is 0 Å². The van der Waals surface area contributed by atoms with Crippen molar-refractivity contribution in [3.8, 4) is 0 Å². The molecule has 0 saturated carbocycles. The van der Waals surface area contributed by atoms with Gasteiger partial charge in [0.05, 0.1) is 11.9 Å². The van der Waals surface area contributed by atoms with Crippen molar-refractivity contribution in [1.82, 2.24) is 9.97 Å². The van der Waals surface area contributed by atoms with E-state index in [-0.39, 0.29) is 5.69 Å². The van der Waals surface area contributed by atoms with Crippen LogP contribution in [0.5, 0.6) is 0 Å². The number of hydrogen-bond acceptors (Lipinski definition) is 2. The highest BCUT2D eigenvalue weighted by molar-refractivity contribution is 4.89. The Balaban J connectivity index is 3.09. The van der Waals surface area contributed by atoms with Crippen LogP contribution in [0.15, 0.2) is 17.2 Å². The molecular weight excluding hydrogens is 104 g/mol. The van der Waals surface area contributed by atoms with Crippen molar-refractivity contribution in [3.05, 3.63) is 28.4 Å². The first kappa shape index (κ1) is 2.44. The summed E-state index contributed by atoms with van der Waals surface area (Å²) in [5, 5.41) is 0. The smallest absolute Gasteiger partial charge is 0.266 e. The Kier molecular flexibility index (Phi) is 0.541. The molecule has 0 spiro atoms. The lowest BCUT2D eigenvalue weighted by molar-refractivity contribution is 1.07. The number of aromatic nitrogens is 2. The van der Waals surface area contributed by atoms with Gasteiger partial charge in [-0.05, 0) is 6.85 Å². The highest BCUT2D eigenvalue weighted by atomic mass is 16.1. The van der Waals surface area contributed by atoms with E-state index < -0.39 is 12.4 Å². The van der Waals surface area contributed by atoms with Crippen LogP contribution >= 0.6 is 0 Å². The molecule has 1 N–H and O–H groups in total. The predicted molar refractivity (Wildman–Crippen MR) is 29.6 cm³/mol. The molecule has 8 heavy (non-hydrogen) atoms. The lowest BCUT2D eigenvalue weighted by atomic mass is 10.5. The van der Waals surface area contributed by atoms with Gasteiger partial charge in [-0.1, -0.05) is 0 Å². The molecule has 0 bridgehead atoms. The molecule has 0 radical (unpaired) electrons. The first-order chi connectivity index (χ1) is 5.00. The molecule has 0 amide bonds. The van der Waals surface area contributed by atoms with Crippen LogP contribution < -0.4 is 5.56 Å². The van der Waals surface area contributed by atoms with Crippen molar-refractivity contribution in [1.29, 1.82) is 0 Å². The number of rotatable bonds is 0. The van der Waals surface area contributed by atoms with Gasteiger partial charge in [0.25, 0.3) is 5.56 Å². The van der Waals surface area contributed by atoms with Crippen LogP contribution in [0.25, 0.3) is 0 Å². The molecule has 0 aliphatic rings. The summed E-state index contributed by atoms with van der Waals surface area (Å²) in [6.07, 6.45) is 2.04. The quantitative estimate of drug-likeness (QED) is 0.517. The average Bonchev–Trinajstić information content (AvgIpc) is 1.86. The molecule has 0 aliphatic carbocycles. The molecule has 3 nitrogen and oxygen atoms in total. The fraction of sp³-hybridized carbons (Fsp3) is 0.200. The van der Waals surface area contributed by atoms with Crippen molar-refractivity contribution < 1.29 is 4.11 Å². The van der Waals surface area contributed by atoms with E-state index in [0.29, 0.717) is 0 Å². The van der Waals surface area contributed by atoms with E-state index in [4.69, 9.17) is 4.11 Å². The maximum absolute atomic E-state index is 10.4. The zero-order valence-corrected chi connectivity index (χ0v) is 4.01. The largest absolute Gasteiger partial charge is 0.326 e. The Hall–Kier alpha value is -1.12.